The van der Waals surface area contributed by atoms with Crippen molar-refractivity contribution in [3.8, 4) is 0 Å². The number of ether oxygens (including phenoxy) is 1. The first-order chi connectivity index (χ1) is 14.2. The summed E-state index contributed by atoms with van der Waals surface area (Å²) in [5.41, 5.74) is 1.12. The fourth-order valence-corrected chi connectivity index (χ4v) is 5.84. The van der Waals surface area contributed by atoms with Crippen molar-refractivity contribution in [3.63, 3.8) is 0 Å². The second-order valence-corrected chi connectivity index (χ2v) is 9.39. The van der Waals surface area contributed by atoms with Crippen molar-refractivity contribution < 1.29 is 28.1 Å². The molecule has 2 aliphatic heterocycles. The molecule has 1 aromatic carbocycles. The Morgan fingerprint density at radius 1 is 1.23 bits per heavy atom. The summed E-state index contributed by atoms with van der Waals surface area (Å²) in [5.74, 6) is -1.66. The first-order valence-electron chi connectivity index (χ1n) is 9.68. The van der Waals surface area contributed by atoms with Gasteiger partial charge >= 0.3 is 13.6 Å². The van der Waals surface area contributed by atoms with Crippen LogP contribution in [0.15, 0.2) is 46.5 Å². The van der Waals surface area contributed by atoms with Crippen LogP contribution in [-0.4, -0.2) is 30.2 Å². The molecular weight excluding hydrogens is 411 g/mol. The predicted molar refractivity (Wildman–Crippen MR) is 110 cm³/mol. The number of hydrogen-bond acceptors (Lipinski definition) is 8. The molecule has 9 nitrogen and oxygen atoms in total. The van der Waals surface area contributed by atoms with Crippen LogP contribution in [0, 0.1) is 10.1 Å². The first kappa shape index (κ1) is 22.2. The number of nitro benzene ring substituents is 1. The van der Waals surface area contributed by atoms with Crippen LogP contribution in [0.25, 0.3) is 0 Å². The van der Waals surface area contributed by atoms with E-state index < -0.39 is 30.5 Å². The molecule has 1 saturated heterocycles. The van der Waals surface area contributed by atoms with Gasteiger partial charge in [0.15, 0.2) is 0 Å². The number of carbonyl (C=O) groups excluding carboxylic acids is 1. The maximum absolute atomic E-state index is 13.7. The van der Waals surface area contributed by atoms with Crippen molar-refractivity contribution >= 4 is 19.3 Å². The predicted octanol–water partition coefficient (Wildman–Crippen LogP) is 4.37. The van der Waals surface area contributed by atoms with Gasteiger partial charge in [-0.05, 0) is 34.1 Å². The molecule has 1 fully saturated rings. The van der Waals surface area contributed by atoms with Crippen LogP contribution in [0.2, 0.25) is 0 Å². The average Bonchev–Trinajstić information content (AvgIpc) is 2.67. The summed E-state index contributed by atoms with van der Waals surface area (Å²) in [6.07, 6.45) is 0.176. The number of rotatable bonds is 5. The lowest BCUT2D eigenvalue weighted by molar-refractivity contribution is -0.385. The number of allylic oxidation sites excluding steroid dienone is 3. The summed E-state index contributed by atoms with van der Waals surface area (Å²) in [4.78, 5) is 24.3. The van der Waals surface area contributed by atoms with E-state index in [4.69, 9.17) is 13.8 Å². The summed E-state index contributed by atoms with van der Waals surface area (Å²) < 4.78 is 30.2. The van der Waals surface area contributed by atoms with Crippen molar-refractivity contribution in [2.24, 2.45) is 0 Å². The maximum atomic E-state index is 13.7. The Labute approximate surface area is 174 Å². The van der Waals surface area contributed by atoms with Gasteiger partial charge in [0.25, 0.3) is 5.69 Å². The van der Waals surface area contributed by atoms with Gasteiger partial charge in [-0.2, -0.15) is 0 Å². The second-order valence-electron chi connectivity index (χ2n) is 7.39. The Hall–Kier alpha value is -2.48. The number of nitrogens with zero attached hydrogens (tertiary/aromatic N) is 1. The number of para-hydroxylation sites is 1. The molecule has 0 aromatic heterocycles. The molecule has 1 aromatic rings. The summed E-state index contributed by atoms with van der Waals surface area (Å²) in [5, 5.41) is 15.0. The molecule has 0 amide bonds. The van der Waals surface area contributed by atoms with E-state index in [1.54, 1.807) is 39.8 Å². The summed E-state index contributed by atoms with van der Waals surface area (Å²) in [6, 6.07) is 6.07. The molecule has 1 atom stereocenters. The smallest absolute Gasteiger partial charge is 0.360 e. The number of nitrogens with one attached hydrogen (secondary N) is 1. The lowest BCUT2D eigenvalue weighted by Crippen LogP contribution is -2.31. The highest BCUT2D eigenvalue weighted by Crippen LogP contribution is 2.65. The molecule has 0 saturated carbocycles. The third-order valence-corrected chi connectivity index (χ3v) is 7.07. The van der Waals surface area contributed by atoms with E-state index in [-0.39, 0.29) is 35.4 Å². The van der Waals surface area contributed by atoms with Gasteiger partial charge in [0.1, 0.15) is 0 Å². The molecular formula is C20H25N2O7P. The van der Waals surface area contributed by atoms with Gasteiger partial charge in [-0.15, -0.1) is 0 Å². The monoisotopic (exact) mass is 436 g/mol. The zero-order valence-corrected chi connectivity index (χ0v) is 18.2. The summed E-state index contributed by atoms with van der Waals surface area (Å²) in [6.45, 7) is 7.24. The van der Waals surface area contributed by atoms with E-state index in [2.05, 4.69) is 5.32 Å². The Balaban J connectivity index is 2.26. The van der Waals surface area contributed by atoms with Crippen LogP contribution in [0.3, 0.4) is 0 Å². The second kappa shape index (κ2) is 8.71. The zero-order chi connectivity index (χ0) is 22.1. The molecule has 162 valence electrons. The van der Waals surface area contributed by atoms with Gasteiger partial charge in [-0.1, -0.05) is 18.2 Å². The maximum Gasteiger partial charge on any atom is 0.360 e. The van der Waals surface area contributed by atoms with Crippen molar-refractivity contribution in [1.82, 2.24) is 5.32 Å². The van der Waals surface area contributed by atoms with Gasteiger partial charge < -0.3 is 19.1 Å². The van der Waals surface area contributed by atoms with Gasteiger partial charge in [0, 0.05) is 23.0 Å². The first-order valence-corrected chi connectivity index (χ1v) is 11.2. The van der Waals surface area contributed by atoms with Crippen LogP contribution in [0.1, 0.15) is 45.6 Å². The Kier molecular flexibility index (Phi) is 6.45. The van der Waals surface area contributed by atoms with Crippen molar-refractivity contribution in [2.75, 3.05) is 13.2 Å². The van der Waals surface area contributed by atoms with Crippen molar-refractivity contribution in [1.29, 1.82) is 0 Å². The van der Waals surface area contributed by atoms with Crippen LogP contribution < -0.4 is 5.32 Å². The molecule has 0 spiro atoms. The van der Waals surface area contributed by atoms with E-state index in [1.165, 1.54) is 12.1 Å². The minimum Gasteiger partial charge on any atom is -0.460 e. The molecule has 10 heteroatoms. The summed E-state index contributed by atoms with van der Waals surface area (Å²) >= 11 is 0. The van der Waals surface area contributed by atoms with Crippen molar-refractivity contribution in [3.05, 3.63) is 62.2 Å². The van der Waals surface area contributed by atoms with E-state index in [1.807, 2.05) is 0 Å². The number of carbonyl (C=O) groups is 1. The van der Waals surface area contributed by atoms with Crippen LogP contribution >= 0.6 is 7.60 Å². The highest BCUT2D eigenvalue weighted by atomic mass is 31.2. The van der Waals surface area contributed by atoms with E-state index in [9.17, 15) is 19.5 Å². The largest absolute Gasteiger partial charge is 0.460 e. The SMILES string of the molecule is CC1=C(C(=O)OC(C)C)C(c2ccccc2[N+](=O)[O-])C(P2(=O)OCCCO2)=C(C)N1. The minimum atomic E-state index is -3.80. The van der Waals surface area contributed by atoms with Gasteiger partial charge in [0.2, 0.25) is 0 Å². The lowest BCUT2D eigenvalue weighted by Gasteiger charge is -2.35. The normalized spacial score (nSPS) is 21.4. The number of dihydropyridines is 1. The zero-order valence-electron chi connectivity index (χ0n) is 17.3. The standard InChI is InChI=1S/C20H25N2O7P/c1-12(2)29-20(23)17-13(3)21-14(4)19(30(26)27-10-7-11-28-30)18(17)15-8-5-6-9-16(15)22(24)25/h5-6,8-9,12,18,21H,7,10-11H2,1-4H3. The van der Waals surface area contributed by atoms with Crippen LogP contribution in [0.4, 0.5) is 5.69 Å². The Morgan fingerprint density at radius 3 is 2.47 bits per heavy atom. The van der Waals surface area contributed by atoms with Crippen LogP contribution in [0.5, 0.6) is 0 Å². The lowest BCUT2D eigenvalue weighted by atomic mass is 9.85. The molecule has 2 heterocycles. The molecule has 1 unspecified atom stereocenters. The molecule has 1 N–H and O–H groups in total. The Morgan fingerprint density at radius 2 is 1.87 bits per heavy atom. The molecule has 3 rings (SSSR count). The average molecular weight is 436 g/mol. The number of nitro groups is 1. The molecule has 0 bridgehead atoms. The van der Waals surface area contributed by atoms with Crippen LogP contribution in [-0.2, 0) is 23.1 Å². The van der Waals surface area contributed by atoms with E-state index >= 15 is 0 Å². The highest BCUT2D eigenvalue weighted by Gasteiger charge is 2.47. The molecule has 0 aliphatic carbocycles. The number of hydrogen-bond donors (Lipinski definition) is 1. The number of benzene rings is 1. The fraction of sp³-hybridized carbons (Fsp3) is 0.450. The highest BCUT2D eigenvalue weighted by molar-refractivity contribution is 7.58. The number of esters is 1. The minimum absolute atomic E-state index is 0.145. The fourth-order valence-electron chi connectivity index (χ4n) is 3.70. The third kappa shape index (κ3) is 4.19. The molecule has 30 heavy (non-hydrogen) atoms. The summed E-state index contributed by atoms with van der Waals surface area (Å²) in [7, 11) is -3.80. The van der Waals surface area contributed by atoms with E-state index in [0.29, 0.717) is 17.8 Å². The third-order valence-electron chi connectivity index (χ3n) is 4.84. The van der Waals surface area contributed by atoms with Gasteiger partial charge in [0.05, 0.1) is 41.0 Å². The van der Waals surface area contributed by atoms with Crippen molar-refractivity contribution in [2.45, 2.75) is 46.1 Å². The quantitative estimate of drug-likeness (QED) is 0.313. The van der Waals surface area contributed by atoms with Gasteiger partial charge in [-0.25, -0.2) is 4.79 Å². The van der Waals surface area contributed by atoms with Gasteiger partial charge in [-0.3, -0.25) is 14.7 Å². The topological polar surface area (TPSA) is 117 Å². The molecule has 0 radical (unpaired) electrons. The molecule has 2 aliphatic rings. The Bertz CT molecular complexity index is 973. The van der Waals surface area contributed by atoms with E-state index in [0.717, 1.165) is 0 Å².